The van der Waals surface area contributed by atoms with Gasteiger partial charge in [-0.3, -0.25) is 4.79 Å². The Balaban J connectivity index is 1.96. The monoisotopic (exact) mass is 654 g/mol. The van der Waals surface area contributed by atoms with E-state index in [1.54, 1.807) is 60.7 Å². The van der Waals surface area contributed by atoms with Crippen LogP contribution in [0, 0.1) is 0 Å². The largest absolute Gasteiger partial charge is 0.450 e. The van der Waals surface area contributed by atoms with Crippen molar-refractivity contribution in [3.63, 3.8) is 0 Å². The standard InChI is InChI=1S/C37H50O10/c1-4-42-26-18-8-6-16-24-32(36(40)44-30-20-12-10-13-21-30)46-34(38)28-29(3)35(39)47-33(25-17-7-9-19-27-43-5-2)37(41)45-31-22-14-11-15-23-31/h10-15,20-23,32-33H,3-9,16-19,24-28H2,1-2H3. The molecule has 2 aromatic carbocycles. The van der Waals surface area contributed by atoms with Crippen molar-refractivity contribution in [2.24, 2.45) is 0 Å². The minimum absolute atomic E-state index is 0.213. The van der Waals surface area contributed by atoms with Gasteiger partial charge in [0.2, 0.25) is 0 Å². The second-order valence-corrected chi connectivity index (χ2v) is 10.9. The number of carbonyl (C=O) groups is 4. The predicted octanol–water partition coefficient (Wildman–Crippen LogP) is 6.94. The van der Waals surface area contributed by atoms with Crippen molar-refractivity contribution in [3.8, 4) is 11.5 Å². The fraction of sp³-hybridized carbons (Fsp3) is 0.514. The van der Waals surface area contributed by atoms with Crippen LogP contribution >= 0.6 is 0 Å². The maximum Gasteiger partial charge on any atom is 0.352 e. The first-order valence-electron chi connectivity index (χ1n) is 16.6. The van der Waals surface area contributed by atoms with E-state index in [1.807, 2.05) is 13.8 Å². The summed E-state index contributed by atoms with van der Waals surface area (Å²) in [6, 6.07) is 17.0. The molecule has 0 N–H and O–H groups in total. The minimum Gasteiger partial charge on any atom is -0.450 e. The average Bonchev–Trinajstić information content (AvgIpc) is 3.07. The molecule has 2 atom stereocenters. The Hall–Kier alpha value is -4.02. The second-order valence-electron chi connectivity index (χ2n) is 10.9. The van der Waals surface area contributed by atoms with Gasteiger partial charge in [-0.25, -0.2) is 14.4 Å². The molecule has 0 amide bonds. The number of rotatable bonds is 25. The highest BCUT2D eigenvalue weighted by molar-refractivity contribution is 5.95. The fourth-order valence-electron chi connectivity index (χ4n) is 4.51. The van der Waals surface area contributed by atoms with Crippen LogP contribution in [0.4, 0.5) is 0 Å². The van der Waals surface area contributed by atoms with Gasteiger partial charge in [-0.15, -0.1) is 0 Å². The molecule has 10 heteroatoms. The first-order valence-corrected chi connectivity index (χ1v) is 16.6. The molecule has 0 spiro atoms. The van der Waals surface area contributed by atoms with Crippen molar-refractivity contribution in [3.05, 3.63) is 72.8 Å². The molecule has 0 saturated carbocycles. The summed E-state index contributed by atoms with van der Waals surface area (Å²) in [7, 11) is 0. The van der Waals surface area contributed by atoms with E-state index in [4.69, 9.17) is 28.4 Å². The Morgan fingerprint density at radius 2 is 1.02 bits per heavy atom. The molecule has 0 heterocycles. The van der Waals surface area contributed by atoms with E-state index in [0.717, 1.165) is 38.5 Å². The van der Waals surface area contributed by atoms with Crippen molar-refractivity contribution >= 4 is 23.9 Å². The van der Waals surface area contributed by atoms with Gasteiger partial charge in [-0.05, 0) is 76.6 Å². The van der Waals surface area contributed by atoms with Gasteiger partial charge < -0.3 is 28.4 Å². The van der Waals surface area contributed by atoms with E-state index in [2.05, 4.69) is 6.58 Å². The molecule has 0 fully saturated rings. The third kappa shape index (κ3) is 17.5. The summed E-state index contributed by atoms with van der Waals surface area (Å²) in [5.41, 5.74) is -0.213. The number of hydrogen-bond donors (Lipinski definition) is 0. The fourth-order valence-corrected chi connectivity index (χ4v) is 4.51. The first kappa shape index (κ1) is 39.2. The quantitative estimate of drug-likeness (QED) is 0.0481. The Bertz CT molecular complexity index is 1200. The van der Waals surface area contributed by atoms with Crippen LogP contribution < -0.4 is 9.47 Å². The molecule has 258 valence electrons. The van der Waals surface area contributed by atoms with Crippen LogP contribution in [0.1, 0.15) is 84.5 Å². The van der Waals surface area contributed by atoms with Gasteiger partial charge >= 0.3 is 23.9 Å². The number of benzene rings is 2. The second kappa shape index (κ2) is 24.2. The number of carbonyl (C=O) groups excluding carboxylic acids is 4. The zero-order valence-electron chi connectivity index (χ0n) is 27.8. The predicted molar refractivity (Wildman–Crippen MR) is 177 cm³/mol. The van der Waals surface area contributed by atoms with E-state index in [0.29, 0.717) is 50.8 Å². The molecule has 2 aromatic rings. The molecule has 0 saturated heterocycles. The number of unbranched alkanes of at least 4 members (excludes halogenated alkanes) is 6. The smallest absolute Gasteiger partial charge is 0.352 e. The Labute approximate surface area is 278 Å². The third-order valence-electron chi connectivity index (χ3n) is 7.04. The molecule has 0 radical (unpaired) electrons. The van der Waals surface area contributed by atoms with Crippen molar-refractivity contribution in [2.75, 3.05) is 26.4 Å². The Morgan fingerprint density at radius 1 is 0.596 bits per heavy atom. The molecule has 0 aromatic heterocycles. The first-order chi connectivity index (χ1) is 22.8. The Morgan fingerprint density at radius 3 is 1.47 bits per heavy atom. The van der Waals surface area contributed by atoms with Crippen LogP contribution in [-0.2, 0) is 38.1 Å². The number of hydrogen-bond acceptors (Lipinski definition) is 10. The highest BCUT2D eigenvalue weighted by atomic mass is 16.6. The molecule has 0 aliphatic heterocycles. The minimum atomic E-state index is -1.20. The normalized spacial score (nSPS) is 12.0. The summed E-state index contributed by atoms with van der Waals surface area (Å²) < 4.78 is 32.6. The van der Waals surface area contributed by atoms with Crippen LogP contribution in [0.5, 0.6) is 11.5 Å². The van der Waals surface area contributed by atoms with Gasteiger partial charge in [0.15, 0.2) is 12.2 Å². The molecular formula is C37H50O10. The lowest BCUT2D eigenvalue weighted by atomic mass is 10.1. The molecule has 0 bridgehead atoms. The number of ether oxygens (including phenoxy) is 6. The zero-order chi connectivity index (χ0) is 34.1. The lowest BCUT2D eigenvalue weighted by molar-refractivity contribution is -0.164. The summed E-state index contributed by atoms with van der Waals surface area (Å²) in [6.45, 7) is 10.2. The lowest BCUT2D eigenvalue weighted by Crippen LogP contribution is -2.33. The highest BCUT2D eigenvalue weighted by Crippen LogP contribution is 2.19. The van der Waals surface area contributed by atoms with E-state index < -0.39 is 42.5 Å². The van der Waals surface area contributed by atoms with Gasteiger partial charge in [0.1, 0.15) is 11.5 Å². The summed E-state index contributed by atoms with van der Waals surface area (Å²) in [5, 5.41) is 0. The third-order valence-corrected chi connectivity index (χ3v) is 7.04. The molecule has 2 rings (SSSR count). The number of para-hydroxylation sites is 2. The SMILES string of the molecule is C=C(CC(=O)OC(CCCCCCOCC)C(=O)Oc1ccccc1)C(=O)OC(CCCCCCOCC)C(=O)Oc1ccccc1. The van der Waals surface area contributed by atoms with Crippen molar-refractivity contribution in [1.29, 1.82) is 0 Å². The molecule has 2 unspecified atom stereocenters. The van der Waals surface area contributed by atoms with Crippen molar-refractivity contribution in [1.82, 2.24) is 0 Å². The topological polar surface area (TPSA) is 124 Å². The van der Waals surface area contributed by atoms with Crippen LogP contribution in [0.3, 0.4) is 0 Å². The van der Waals surface area contributed by atoms with Crippen molar-refractivity contribution < 1.29 is 47.6 Å². The van der Waals surface area contributed by atoms with E-state index in [-0.39, 0.29) is 18.4 Å². The van der Waals surface area contributed by atoms with Crippen LogP contribution in [0.15, 0.2) is 72.8 Å². The van der Waals surface area contributed by atoms with E-state index in [9.17, 15) is 19.2 Å². The van der Waals surface area contributed by atoms with Gasteiger partial charge in [-0.1, -0.05) is 68.7 Å². The summed E-state index contributed by atoms with van der Waals surface area (Å²) in [6.07, 6.45) is 4.02. The molecule has 47 heavy (non-hydrogen) atoms. The maximum atomic E-state index is 13.0. The van der Waals surface area contributed by atoms with Crippen molar-refractivity contribution in [2.45, 2.75) is 96.7 Å². The summed E-state index contributed by atoms with van der Waals surface area (Å²) >= 11 is 0. The van der Waals surface area contributed by atoms with Gasteiger partial charge in [-0.2, -0.15) is 0 Å². The molecule has 0 aliphatic carbocycles. The summed E-state index contributed by atoms with van der Waals surface area (Å²) in [4.78, 5) is 51.8. The van der Waals surface area contributed by atoms with Crippen LogP contribution in [0.2, 0.25) is 0 Å². The molecule has 0 aliphatic rings. The van der Waals surface area contributed by atoms with E-state index in [1.165, 1.54) is 0 Å². The van der Waals surface area contributed by atoms with Gasteiger partial charge in [0.05, 0.1) is 6.42 Å². The van der Waals surface area contributed by atoms with Gasteiger partial charge in [0.25, 0.3) is 0 Å². The number of esters is 4. The maximum absolute atomic E-state index is 13.0. The average molecular weight is 655 g/mol. The zero-order valence-corrected chi connectivity index (χ0v) is 27.8. The molecule has 10 nitrogen and oxygen atoms in total. The van der Waals surface area contributed by atoms with E-state index >= 15 is 0 Å². The van der Waals surface area contributed by atoms with Crippen LogP contribution in [0.25, 0.3) is 0 Å². The van der Waals surface area contributed by atoms with Gasteiger partial charge in [0, 0.05) is 32.0 Å². The Kier molecular flexibility index (Phi) is 20.2. The lowest BCUT2D eigenvalue weighted by Gasteiger charge is -2.19. The summed E-state index contributed by atoms with van der Waals surface area (Å²) in [5.74, 6) is -2.55. The van der Waals surface area contributed by atoms with Crippen LogP contribution in [-0.4, -0.2) is 62.5 Å². The molecular weight excluding hydrogens is 604 g/mol. The highest BCUT2D eigenvalue weighted by Gasteiger charge is 2.29.